The number of ether oxygens (including phenoxy) is 1. The van der Waals surface area contributed by atoms with Gasteiger partial charge in [0.2, 0.25) is 6.23 Å². The SMILES string of the molecule is Cc1ccc(C2=NN3[C@H](C2)c2ccccc2O[C@H]3c2ccccc2)o1. The number of rotatable bonds is 2. The standard InChI is InChI=1S/C21H18N2O2/c1-14-11-12-20(24-14)17-13-18-16-9-5-6-10-19(16)25-21(23(18)22-17)15-7-3-2-4-8-15/h2-12,18,21H,13H2,1H3/t18-,21+/m1/s1. The largest absolute Gasteiger partial charge is 0.464 e. The fourth-order valence-corrected chi connectivity index (χ4v) is 3.61. The van der Waals surface area contributed by atoms with Crippen LogP contribution in [0.4, 0.5) is 0 Å². The number of hydrogen-bond acceptors (Lipinski definition) is 4. The molecule has 0 spiro atoms. The summed E-state index contributed by atoms with van der Waals surface area (Å²) in [5.74, 6) is 2.68. The summed E-state index contributed by atoms with van der Waals surface area (Å²) in [4.78, 5) is 0. The molecule has 0 unspecified atom stereocenters. The fourth-order valence-electron chi connectivity index (χ4n) is 3.61. The molecule has 124 valence electrons. The zero-order chi connectivity index (χ0) is 16.8. The number of fused-ring (bicyclic) bond motifs is 3. The first kappa shape index (κ1) is 14.3. The van der Waals surface area contributed by atoms with E-state index in [9.17, 15) is 0 Å². The van der Waals surface area contributed by atoms with Crippen molar-refractivity contribution in [3.8, 4) is 5.75 Å². The van der Waals surface area contributed by atoms with Crippen LogP contribution in [0.15, 0.2) is 76.2 Å². The van der Waals surface area contributed by atoms with Crippen LogP contribution in [0.5, 0.6) is 5.75 Å². The van der Waals surface area contributed by atoms with E-state index in [-0.39, 0.29) is 12.3 Å². The molecule has 0 radical (unpaired) electrons. The first-order chi connectivity index (χ1) is 12.3. The average Bonchev–Trinajstić information content (AvgIpc) is 3.28. The minimum absolute atomic E-state index is 0.163. The van der Waals surface area contributed by atoms with Crippen LogP contribution in [-0.4, -0.2) is 10.7 Å². The molecule has 2 aliphatic rings. The Balaban J connectivity index is 1.60. The smallest absolute Gasteiger partial charge is 0.213 e. The van der Waals surface area contributed by atoms with Crippen LogP contribution in [0.2, 0.25) is 0 Å². The monoisotopic (exact) mass is 330 g/mol. The second-order valence-corrected chi connectivity index (χ2v) is 6.48. The summed E-state index contributed by atoms with van der Waals surface area (Å²) in [6.07, 6.45) is 0.589. The Morgan fingerprint density at radius 2 is 1.76 bits per heavy atom. The lowest BCUT2D eigenvalue weighted by molar-refractivity contribution is -0.0190. The van der Waals surface area contributed by atoms with Gasteiger partial charge in [0.15, 0.2) is 0 Å². The van der Waals surface area contributed by atoms with E-state index in [0.717, 1.165) is 35.0 Å². The van der Waals surface area contributed by atoms with Gasteiger partial charge in [-0.1, -0.05) is 48.5 Å². The van der Waals surface area contributed by atoms with E-state index in [4.69, 9.17) is 14.3 Å². The highest BCUT2D eigenvalue weighted by Gasteiger charge is 2.41. The van der Waals surface area contributed by atoms with Crippen LogP contribution in [0.3, 0.4) is 0 Å². The van der Waals surface area contributed by atoms with Gasteiger partial charge in [-0.2, -0.15) is 5.10 Å². The Morgan fingerprint density at radius 1 is 0.960 bits per heavy atom. The van der Waals surface area contributed by atoms with Gasteiger partial charge in [0.1, 0.15) is 23.0 Å². The third-order valence-corrected chi connectivity index (χ3v) is 4.81. The molecule has 0 amide bonds. The van der Waals surface area contributed by atoms with Crippen molar-refractivity contribution < 1.29 is 9.15 Å². The van der Waals surface area contributed by atoms with Crippen LogP contribution in [0, 0.1) is 6.92 Å². The lowest BCUT2D eigenvalue weighted by atomic mass is 9.97. The van der Waals surface area contributed by atoms with Gasteiger partial charge < -0.3 is 9.15 Å². The minimum Gasteiger partial charge on any atom is -0.464 e. The Kier molecular flexibility index (Phi) is 3.17. The second-order valence-electron chi connectivity index (χ2n) is 6.48. The first-order valence-corrected chi connectivity index (χ1v) is 8.53. The molecule has 4 heteroatoms. The predicted octanol–water partition coefficient (Wildman–Crippen LogP) is 4.83. The molecule has 3 aromatic rings. The van der Waals surface area contributed by atoms with E-state index in [1.807, 2.05) is 49.4 Å². The summed E-state index contributed by atoms with van der Waals surface area (Å²) >= 11 is 0. The third kappa shape index (κ3) is 2.33. The van der Waals surface area contributed by atoms with Crippen LogP contribution in [0.25, 0.3) is 0 Å². The van der Waals surface area contributed by atoms with Crippen molar-refractivity contribution in [3.63, 3.8) is 0 Å². The minimum atomic E-state index is -0.227. The molecule has 0 aliphatic carbocycles. The van der Waals surface area contributed by atoms with Gasteiger partial charge in [0.05, 0.1) is 6.04 Å². The molecule has 5 rings (SSSR count). The Labute approximate surface area is 146 Å². The van der Waals surface area contributed by atoms with Crippen molar-refractivity contribution in [1.82, 2.24) is 5.01 Å². The van der Waals surface area contributed by atoms with Gasteiger partial charge in [-0.15, -0.1) is 0 Å². The van der Waals surface area contributed by atoms with Crippen molar-refractivity contribution >= 4 is 5.71 Å². The molecule has 3 heterocycles. The summed E-state index contributed by atoms with van der Waals surface area (Å²) in [5.41, 5.74) is 3.25. The van der Waals surface area contributed by atoms with E-state index in [1.165, 1.54) is 5.56 Å². The highest BCUT2D eigenvalue weighted by Crippen LogP contribution is 2.47. The topological polar surface area (TPSA) is 38.0 Å². The molecule has 1 aromatic heterocycles. The first-order valence-electron chi connectivity index (χ1n) is 8.53. The predicted molar refractivity (Wildman–Crippen MR) is 95.4 cm³/mol. The zero-order valence-electron chi connectivity index (χ0n) is 13.9. The zero-order valence-corrected chi connectivity index (χ0v) is 13.9. The Bertz CT molecular complexity index is 945. The van der Waals surface area contributed by atoms with Gasteiger partial charge in [0, 0.05) is 17.5 Å². The third-order valence-electron chi connectivity index (χ3n) is 4.81. The maximum Gasteiger partial charge on any atom is 0.213 e. The maximum atomic E-state index is 6.31. The van der Waals surface area contributed by atoms with Crippen LogP contribution < -0.4 is 4.74 Å². The number of para-hydroxylation sites is 1. The van der Waals surface area contributed by atoms with Gasteiger partial charge in [-0.05, 0) is 25.1 Å². The molecular formula is C21H18N2O2. The molecule has 0 saturated carbocycles. The van der Waals surface area contributed by atoms with E-state index < -0.39 is 0 Å². The van der Waals surface area contributed by atoms with E-state index in [2.05, 4.69) is 29.3 Å². The molecule has 25 heavy (non-hydrogen) atoms. The number of benzene rings is 2. The molecule has 2 atom stereocenters. The molecule has 0 saturated heterocycles. The van der Waals surface area contributed by atoms with Crippen molar-refractivity contribution in [1.29, 1.82) is 0 Å². The molecule has 4 nitrogen and oxygen atoms in total. The number of aryl methyl sites for hydroxylation is 1. The maximum absolute atomic E-state index is 6.31. The normalized spacial score (nSPS) is 21.3. The molecule has 0 fully saturated rings. The van der Waals surface area contributed by atoms with Crippen LogP contribution in [0.1, 0.15) is 41.3 Å². The molecular weight excluding hydrogens is 312 g/mol. The summed E-state index contributed by atoms with van der Waals surface area (Å²) in [6, 6.07) is 22.6. The van der Waals surface area contributed by atoms with Crippen molar-refractivity contribution in [2.75, 3.05) is 0 Å². The van der Waals surface area contributed by atoms with Crippen molar-refractivity contribution in [2.45, 2.75) is 25.6 Å². The molecule has 0 N–H and O–H groups in total. The van der Waals surface area contributed by atoms with E-state index >= 15 is 0 Å². The van der Waals surface area contributed by atoms with Gasteiger partial charge in [-0.25, -0.2) is 5.01 Å². The Morgan fingerprint density at radius 3 is 2.56 bits per heavy atom. The van der Waals surface area contributed by atoms with Crippen molar-refractivity contribution in [2.24, 2.45) is 5.10 Å². The van der Waals surface area contributed by atoms with Crippen LogP contribution >= 0.6 is 0 Å². The van der Waals surface area contributed by atoms with Gasteiger partial charge in [0.25, 0.3) is 0 Å². The van der Waals surface area contributed by atoms with Gasteiger partial charge >= 0.3 is 0 Å². The number of nitrogens with zero attached hydrogens (tertiary/aromatic N) is 2. The highest BCUT2D eigenvalue weighted by molar-refractivity contribution is 5.99. The summed E-state index contributed by atoms with van der Waals surface area (Å²) < 4.78 is 12.1. The number of hydrazone groups is 1. The quantitative estimate of drug-likeness (QED) is 0.675. The summed E-state index contributed by atoms with van der Waals surface area (Å²) in [7, 11) is 0. The average molecular weight is 330 g/mol. The number of furan rings is 1. The second kappa shape index (κ2) is 5.52. The van der Waals surface area contributed by atoms with Gasteiger partial charge in [-0.3, -0.25) is 0 Å². The highest BCUT2D eigenvalue weighted by atomic mass is 16.5. The molecule has 2 aromatic carbocycles. The lowest BCUT2D eigenvalue weighted by Crippen LogP contribution is -2.33. The van der Waals surface area contributed by atoms with E-state index in [1.54, 1.807) is 0 Å². The summed E-state index contributed by atoms with van der Waals surface area (Å²) in [5, 5.41) is 6.96. The Hall–Kier alpha value is -3.01. The van der Waals surface area contributed by atoms with Crippen LogP contribution in [-0.2, 0) is 0 Å². The van der Waals surface area contributed by atoms with E-state index in [0.29, 0.717) is 0 Å². The fraction of sp³-hybridized carbons (Fsp3) is 0.190. The van der Waals surface area contributed by atoms with Crippen molar-refractivity contribution in [3.05, 3.63) is 89.4 Å². The number of hydrogen-bond donors (Lipinski definition) is 0. The lowest BCUT2D eigenvalue weighted by Gasteiger charge is -2.38. The molecule has 0 bridgehead atoms. The molecule has 2 aliphatic heterocycles. The summed E-state index contributed by atoms with van der Waals surface area (Å²) in [6.45, 7) is 1.96.